The number of carbonyl (C=O) groups excluding carboxylic acids is 3. The van der Waals surface area contributed by atoms with Crippen molar-refractivity contribution in [1.29, 1.82) is 0 Å². The fourth-order valence-corrected chi connectivity index (χ4v) is 14.5. The molecule has 21 nitrogen and oxygen atoms in total. The molecule has 0 aliphatic heterocycles. The average molecular weight is 1010 g/mol. The van der Waals surface area contributed by atoms with Crippen LogP contribution in [0.1, 0.15) is 102 Å². The van der Waals surface area contributed by atoms with Crippen molar-refractivity contribution >= 4 is 44.5 Å². The molecule has 0 aromatic rings. The van der Waals surface area contributed by atoms with E-state index in [-0.39, 0.29) is 69.3 Å². The van der Waals surface area contributed by atoms with Gasteiger partial charge in [-0.1, -0.05) is 0 Å². The average Bonchev–Trinajstić information content (AvgIpc) is 3.25. The first-order chi connectivity index (χ1) is 31.7. The fraction of sp³-hybridized carbons (Fsp3) is 0.929. The highest BCUT2D eigenvalue weighted by molar-refractivity contribution is 6.61. The molecule has 0 spiro atoms. The Balaban J connectivity index is 5.22. The van der Waals surface area contributed by atoms with Gasteiger partial charge in [0.25, 0.3) is 0 Å². The van der Waals surface area contributed by atoms with Crippen LogP contribution in [0.5, 0.6) is 0 Å². The van der Waals surface area contributed by atoms with Gasteiger partial charge in [0.2, 0.25) is 0 Å². The van der Waals surface area contributed by atoms with Gasteiger partial charge >= 0.3 is 44.5 Å². The van der Waals surface area contributed by atoms with Crippen molar-refractivity contribution in [3.63, 3.8) is 0 Å². The van der Waals surface area contributed by atoms with E-state index in [4.69, 9.17) is 54.0 Å². The molecule has 0 aliphatic carbocycles. The summed E-state index contributed by atoms with van der Waals surface area (Å²) in [6, 6.07) is -0.191. The summed E-state index contributed by atoms with van der Waals surface area (Å²) >= 11 is 0. The van der Waals surface area contributed by atoms with Crippen LogP contribution in [0.2, 0.25) is 18.1 Å². The van der Waals surface area contributed by atoms with Gasteiger partial charge in [0.1, 0.15) is 6.10 Å². The predicted octanol–water partition coefficient (Wildman–Crippen LogP) is 4.78. The van der Waals surface area contributed by atoms with Gasteiger partial charge in [-0.05, 0) is 102 Å². The van der Waals surface area contributed by atoms with Crippen LogP contribution in [0.25, 0.3) is 0 Å². The van der Waals surface area contributed by atoms with Gasteiger partial charge in [-0.15, -0.1) is 0 Å². The summed E-state index contributed by atoms with van der Waals surface area (Å²) in [5.41, 5.74) is 0. The molecule has 3 atom stereocenters. The van der Waals surface area contributed by atoms with Crippen LogP contribution in [0, 0.1) is 0 Å². The Labute approximate surface area is 400 Å². The summed E-state index contributed by atoms with van der Waals surface area (Å²) in [7, 11) is -8.39. The van der Waals surface area contributed by atoms with E-state index in [0.717, 1.165) is 0 Å². The number of ether oxygens (including phenoxy) is 3. The van der Waals surface area contributed by atoms with E-state index in [1.165, 1.54) is 0 Å². The second kappa shape index (κ2) is 39.8. The molecule has 24 heteroatoms. The first-order valence-corrected chi connectivity index (χ1v) is 30.1. The number of amides is 6. The van der Waals surface area contributed by atoms with E-state index in [2.05, 4.69) is 31.9 Å². The highest BCUT2D eigenvalue weighted by Crippen LogP contribution is 2.20. The standard InChI is InChI=1S/C42H92N6O15Si3/c1-13-55-64(56-14-2,57-15-3)28-22-25-43-40(49)46-36(10)31-52-34-39(54-33-38(12)48-42(51)45-27-24-30-66(61-19-7,62-20-8)63-21-9)35-53-32-37(11)47-41(50)44-26-23-29-65(58-16-4,59-17-5)60-18-6/h36-39H,13-35H2,1-12H3,(H2,43,46,49)(H2,44,47,50)(H2,45,48,51). The Kier molecular flexibility index (Phi) is 38.6. The second-order valence-electron chi connectivity index (χ2n) is 15.2. The van der Waals surface area contributed by atoms with E-state index in [1.54, 1.807) is 0 Å². The van der Waals surface area contributed by atoms with E-state index in [9.17, 15) is 14.4 Å². The molecule has 0 aromatic heterocycles. The quantitative estimate of drug-likeness (QED) is 0.0356. The third-order valence-corrected chi connectivity index (χ3v) is 18.6. The van der Waals surface area contributed by atoms with Gasteiger partial charge in [0.15, 0.2) is 0 Å². The Hall–Kier alpha value is -2.02. The number of urea groups is 3. The molecule has 0 saturated heterocycles. The minimum absolute atomic E-state index is 0.148. The lowest BCUT2D eigenvalue weighted by Gasteiger charge is -2.28. The molecule has 0 aliphatic rings. The van der Waals surface area contributed by atoms with Crippen LogP contribution >= 0.6 is 0 Å². The number of carbonyl (C=O) groups is 3. The summed E-state index contributed by atoms with van der Waals surface area (Å²) in [5.74, 6) is 0. The molecule has 3 unspecified atom stereocenters. The van der Waals surface area contributed by atoms with Crippen molar-refractivity contribution in [1.82, 2.24) is 31.9 Å². The summed E-state index contributed by atoms with van der Waals surface area (Å²) in [5, 5.41) is 17.4. The lowest BCUT2D eigenvalue weighted by molar-refractivity contribution is -0.0668. The first-order valence-electron chi connectivity index (χ1n) is 24.4. The number of rotatable bonds is 44. The summed E-state index contributed by atoms with van der Waals surface area (Å²) in [6.45, 7) is 29.3. The second-order valence-corrected chi connectivity index (χ2v) is 23.4. The molecule has 66 heavy (non-hydrogen) atoms. The van der Waals surface area contributed by atoms with Gasteiger partial charge in [-0.2, -0.15) is 0 Å². The molecule has 0 heterocycles. The maximum Gasteiger partial charge on any atom is 0.500 e. The van der Waals surface area contributed by atoms with Crippen LogP contribution in [-0.4, -0.2) is 181 Å². The predicted molar refractivity (Wildman–Crippen MR) is 260 cm³/mol. The van der Waals surface area contributed by atoms with Gasteiger partial charge < -0.3 is 85.9 Å². The van der Waals surface area contributed by atoms with Crippen molar-refractivity contribution < 1.29 is 68.4 Å². The number of hydrogen-bond donors (Lipinski definition) is 6. The number of hydrogen-bond acceptors (Lipinski definition) is 15. The van der Waals surface area contributed by atoms with Gasteiger partial charge in [-0.25, -0.2) is 14.4 Å². The van der Waals surface area contributed by atoms with Crippen molar-refractivity contribution in [3.05, 3.63) is 0 Å². The minimum Gasteiger partial charge on any atom is -0.377 e. The molecule has 0 fully saturated rings. The molecule has 0 bridgehead atoms. The zero-order valence-electron chi connectivity index (χ0n) is 42.7. The summed E-state index contributed by atoms with van der Waals surface area (Å²) in [4.78, 5) is 38.1. The zero-order valence-corrected chi connectivity index (χ0v) is 45.7. The van der Waals surface area contributed by atoms with Crippen molar-refractivity contribution in [2.24, 2.45) is 0 Å². The van der Waals surface area contributed by atoms with Crippen LogP contribution in [0.15, 0.2) is 0 Å². The maximum atomic E-state index is 12.8. The van der Waals surface area contributed by atoms with Gasteiger partial charge in [0.05, 0.1) is 51.2 Å². The molecule has 6 N–H and O–H groups in total. The summed E-state index contributed by atoms with van der Waals surface area (Å²) in [6.07, 6.45) is 1.38. The van der Waals surface area contributed by atoms with Gasteiger partial charge in [-0.3, -0.25) is 0 Å². The van der Waals surface area contributed by atoms with Crippen LogP contribution < -0.4 is 31.9 Å². The number of nitrogens with one attached hydrogen (secondary N) is 6. The molecular weight excluding hydrogens is 913 g/mol. The molecule has 0 aromatic carbocycles. The van der Waals surface area contributed by atoms with Crippen LogP contribution in [-0.2, 0) is 54.0 Å². The lowest BCUT2D eigenvalue weighted by Crippen LogP contribution is -2.47. The summed E-state index contributed by atoms with van der Waals surface area (Å²) < 4.78 is 71.3. The van der Waals surface area contributed by atoms with Crippen molar-refractivity contribution in [2.75, 3.05) is 112 Å². The normalized spacial score (nSPS) is 14.0. The van der Waals surface area contributed by atoms with Crippen molar-refractivity contribution in [3.8, 4) is 0 Å². The third kappa shape index (κ3) is 30.5. The maximum absolute atomic E-state index is 12.8. The Morgan fingerprint density at radius 3 is 0.864 bits per heavy atom. The monoisotopic (exact) mass is 1000 g/mol. The Bertz CT molecular complexity index is 1120. The highest BCUT2D eigenvalue weighted by atomic mass is 28.4. The zero-order chi connectivity index (χ0) is 49.5. The molecule has 0 rings (SSSR count). The lowest BCUT2D eigenvalue weighted by atomic mass is 10.3. The third-order valence-electron chi connectivity index (χ3n) is 9.17. The fourth-order valence-electron chi connectivity index (χ4n) is 6.65. The highest BCUT2D eigenvalue weighted by Gasteiger charge is 2.41. The molecule has 0 radical (unpaired) electrons. The Morgan fingerprint density at radius 2 is 0.621 bits per heavy atom. The van der Waals surface area contributed by atoms with Crippen LogP contribution in [0.3, 0.4) is 0 Å². The Morgan fingerprint density at radius 1 is 0.379 bits per heavy atom. The van der Waals surface area contributed by atoms with Crippen LogP contribution in [0.4, 0.5) is 14.4 Å². The molecule has 392 valence electrons. The largest absolute Gasteiger partial charge is 0.500 e. The first kappa shape index (κ1) is 64.0. The van der Waals surface area contributed by atoms with E-state index >= 15 is 0 Å². The molecule has 6 amide bonds. The van der Waals surface area contributed by atoms with E-state index in [1.807, 2.05) is 83.1 Å². The van der Waals surface area contributed by atoms with E-state index in [0.29, 0.717) is 116 Å². The molecule has 0 saturated carbocycles. The minimum atomic E-state index is -2.80. The molecular formula is C42H92N6O15Si3. The van der Waals surface area contributed by atoms with E-state index < -0.39 is 32.5 Å². The topological polar surface area (TPSA) is 234 Å². The SMILES string of the molecule is CCO[Si](CCCNC(=O)NC(C)COCC(COCC(C)NC(=O)NCCC[Si](OCC)(OCC)OCC)OCC(C)NC(=O)NCCC[Si](OCC)(OCC)OCC)(OCC)OCC. The van der Waals surface area contributed by atoms with Crippen molar-refractivity contribution in [2.45, 2.75) is 145 Å². The van der Waals surface area contributed by atoms with Gasteiger partial charge in [0, 0.05) is 97.2 Å². The smallest absolute Gasteiger partial charge is 0.377 e.